The van der Waals surface area contributed by atoms with Gasteiger partial charge in [0.25, 0.3) is 0 Å². The fourth-order valence-corrected chi connectivity index (χ4v) is 6.83. The van der Waals surface area contributed by atoms with Gasteiger partial charge in [0.1, 0.15) is 0 Å². The van der Waals surface area contributed by atoms with Gasteiger partial charge in [-0.3, -0.25) is 4.79 Å². The van der Waals surface area contributed by atoms with Gasteiger partial charge in [-0.25, -0.2) is 0 Å². The molecule has 0 amide bonds. The van der Waals surface area contributed by atoms with Gasteiger partial charge in [-0.1, -0.05) is 13.8 Å². The molecule has 1 unspecified atom stereocenters. The van der Waals surface area contributed by atoms with Gasteiger partial charge in [0.05, 0.1) is 12.2 Å². The predicted octanol–water partition coefficient (Wildman–Crippen LogP) is 3.54. The molecule has 3 aliphatic carbocycles. The highest BCUT2D eigenvalue weighted by molar-refractivity contribution is 5.70. The summed E-state index contributed by atoms with van der Waals surface area (Å²) in [6, 6.07) is 0. The Labute approximate surface area is 133 Å². The molecular weight excluding hydrogens is 276 g/mol. The maximum atomic E-state index is 11.7. The van der Waals surface area contributed by atoms with Crippen LogP contribution >= 0.6 is 0 Å². The quantitative estimate of drug-likeness (QED) is 0.696. The second-order valence-electron chi connectivity index (χ2n) is 9.29. The molecule has 1 aliphatic heterocycles. The van der Waals surface area contributed by atoms with Crippen LogP contribution < -0.4 is 0 Å². The molecular formula is C19H30O3. The highest BCUT2D eigenvalue weighted by Gasteiger charge is 2.63. The fourth-order valence-electron chi connectivity index (χ4n) is 6.83. The number of ether oxygens (including phenoxy) is 1. The van der Waals surface area contributed by atoms with E-state index in [1.807, 2.05) is 0 Å². The maximum Gasteiger partial charge on any atom is 0.306 e. The summed E-state index contributed by atoms with van der Waals surface area (Å²) in [4.78, 5) is 11.7. The molecule has 4 aliphatic rings. The summed E-state index contributed by atoms with van der Waals surface area (Å²) >= 11 is 0. The first-order chi connectivity index (χ1) is 10.3. The number of rotatable bonds is 0. The van der Waals surface area contributed by atoms with Crippen molar-refractivity contribution in [3.63, 3.8) is 0 Å². The largest absolute Gasteiger partial charge is 0.465 e. The first-order valence-corrected chi connectivity index (χ1v) is 9.16. The van der Waals surface area contributed by atoms with E-state index in [4.69, 9.17) is 4.74 Å². The highest BCUT2D eigenvalue weighted by Crippen LogP contribution is 2.67. The molecule has 4 rings (SSSR count). The van der Waals surface area contributed by atoms with Crippen LogP contribution in [0.1, 0.15) is 65.7 Å². The molecule has 0 radical (unpaired) electrons. The smallest absolute Gasteiger partial charge is 0.306 e. The Bertz CT molecular complexity index is 499. The average Bonchev–Trinajstić information content (AvgIpc) is 2.70. The van der Waals surface area contributed by atoms with Gasteiger partial charge in [0.15, 0.2) is 0 Å². The van der Waals surface area contributed by atoms with Crippen molar-refractivity contribution in [1.29, 1.82) is 0 Å². The van der Waals surface area contributed by atoms with Gasteiger partial charge < -0.3 is 9.84 Å². The summed E-state index contributed by atoms with van der Waals surface area (Å²) in [6.07, 6.45) is 7.48. The fraction of sp³-hybridized carbons (Fsp3) is 0.947. The lowest BCUT2D eigenvalue weighted by molar-refractivity contribution is -0.186. The minimum Gasteiger partial charge on any atom is -0.465 e. The zero-order valence-corrected chi connectivity index (χ0v) is 14.2. The molecule has 0 aromatic carbocycles. The van der Waals surface area contributed by atoms with Gasteiger partial charge in [0.2, 0.25) is 0 Å². The normalized spacial score (nSPS) is 57.5. The predicted molar refractivity (Wildman–Crippen MR) is 84.1 cm³/mol. The summed E-state index contributed by atoms with van der Waals surface area (Å²) in [5.74, 6) is 2.56. The van der Waals surface area contributed by atoms with E-state index < -0.39 is 5.60 Å². The number of cyclic esters (lactones) is 1. The van der Waals surface area contributed by atoms with Gasteiger partial charge in [-0.05, 0) is 74.5 Å². The number of carbonyl (C=O) groups is 1. The highest BCUT2D eigenvalue weighted by atomic mass is 16.5. The van der Waals surface area contributed by atoms with E-state index in [-0.39, 0.29) is 16.8 Å². The van der Waals surface area contributed by atoms with Crippen molar-refractivity contribution >= 4 is 5.97 Å². The van der Waals surface area contributed by atoms with Crippen molar-refractivity contribution in [2.24, 2.45) is 34.5 Å². The van der Waals surface area contributed by atoms with Crippen molar-refractivity contribution in [3.8, 4) is 0 Å². The number of esters is 1. The van der Waals surface area contributed by atoms with Crippen LogP contribution in [-0.2, 0) is 9.53 Å². The van der Waals surface area contributed by atoms with Crippen LogP contribution in [0, 0.1) is 34.5 Å². The van der Waals surface area contributed by atoms with Crippen LogP contribution in [0.3, 0.4) is 0 Å². The lowest BCUT2D eigenvalue weighted by Crippen LogP contribution is -2.57. The lowest BCUT2D eigenvalue weighted by atomic mass is 9.46. The third-order valence-corrected chi connectivity index (χ3v) is 8.58. The number of hydrogen-bond acceptors (Lipinski definition) is 3. The molecule has 7 atom stereocenters. The molecule has 1 heterocycles. The summed E-state index contributed by atoms with van der Waals surface area (Å²) in [5.41, 5.74) is -0.241. The van der Waals surface area contributed by atoms with Gasteiger partial charge in [-0.2, -0.15) is 0 Å². The van der Waals surface area contributed by atoms with Crippen molar-refractivity contribution in [2.75, 3.05) is 6.61 Å². The Kier molecular flexibility index (Phi) is 3.06. The number of hydrogen-bond donors (Lipinski definition) is 1. The molecule has 1 N–H and O–H groups in total. The van der Waals surface area contributed by atoms with Crippen LogP contribution in [0.2, 0.25) is 0 Å². The first-order valence-electron chi connectivity index (χ1n) is 9.16. The van der Waals surface area contributed by atoms with E-state index in [0.29, 0.717) is 36.7 Å². The van der Waals surface area contributed by atoms with Crippen LogP contribution in [0.5, 0.6) is 0 Å². The van der Waals surface area contributed by atoms with Gasteiger partial charge in [0, 0.05) is 11.8 Å². The van der Waals surface area contributed by atoms with Crippen LogP contribution in [0.4, 0.5) is 0 Å². The minimum atomic E-state index is -0.501. The Morgan fingerprint density at radius 1 is 1.05 bits per heavy atom. The van der Waals surface area contributed by atoms with Gasteiger partial charge >= 0.3 is 5.97 Å². The molecule has 0 aromatic rings. The zero-order valence-electron chi connectivity index (χ0n) is 14.2. The summed E-state index contributed by atoms with van der Waals surface area (Å²) in [7, 11) is 0. The molecule has 0 bridgehead atoms. The molecule has 0 spiro atoms. The number of carbonyl (C=O) groups excluding carboxylic acids is 1. The van der Waals surface area contributed by atoms with Crippen molar-refractivity contribution in [1.82, 2.24) is 0 Å². The first kappa shape index (κ1) is 15.0. The Hall–Kier alpha value is -0.570. The SMILES string of the molecule is C[C@]12COC(=O)CC1CC[C@@H]1[C@@H]2CC[C@@]2(C)[C@H]1CC[C@@]2(C)O. The molecule has 1 saturated heterocycles. The summed E-state index contributed by atoms with van der Waals surface area (Å²) in [5, 5.41) is 10.9. The van der Waals surface area contributed by atoms with Crippen molar-refractivity contribution in [3.05, 3.63) is 0 Å². The number of fused-ring (bicyclic) bond motifs is 5. The second-order valence-corrected chi connectivity index (χ2v) is 9.29. The minimum absolute atomic E-state index is 0.00497. The molecule has 3 heteroatoms. The number of aliphatic hydroxyl groups is 1. The molecule has 124 valence electrons. The zero-order chi connectivity index (χ0) is 15.8. The lowest BCUT2D eigenvalue weighted by Gasteiger charge is -2.60. The van der Waals surface area contributed by atoms with Crippen LogP contribution in [-0.4, -0.2) is 23.3 Å². The maximum absolute atomic E-state index is 11.7. The summed E-state index contributed by atoms with van der Waals surface area (Å²) in [6.45, 7) is 7.38. The average molecular weight is 306 g/mol. The Balaban J connectivity index is 1.65. The molecule has 3 nitrogen and oxygen atoms in total. The van der Waals surface area contributed by atoms with E-state index in [2.05, 4.69) is 20.8 Å². The van der Waals surface area contributed by atoms with Gasteiger partial charge in [-0.15, -0.1) is 0 Å². The van der Waals surface area contributed by atoms with Crippen LogP contribution in [0.15, 0.2) is 0 Å². The van der Waals surface area contributed by atoms with E-state index in [9.17, 15) is 9.90 Å². The monoisotopic (exact) mass is 306 g/mol. The Morgan fingerprint density at radius 2 is 1.77 bits per heavy atom. The van der Waals surface area contributed by atoms with E-state index >= 15 is 0 Å². The second kappa shape index (κ2) is 4.49. The third kappa shape index (κ3) is 1.75. The summed E-state index contributed by atoms with van der Waals surface area (Å²) < 4.78 is 5.49. The van der Waals surface area contributed by atoms with E-state index in [0.717, 1.165) is 12.8 Å². The molecule has 22 heavy (non-hydrogen) atoms. The van der Waals surface area contributed by atoms with Crippen molar-refractivity contribution < 1.29 is 14.6 Å². The topological polar surface area (TPSA) is 46.5 Å². The molecule has 0 aromatic heterocycles. The molecule has 3 saturated carbocycles. The van der Waals surface area contributed by atoms with E-state index in [1.165, 1.54) is 25.7 Å². The standard InChI is InChI=1S/C19H30O3/c1-17-11-22-16(20)10-12(17)4-5-13-14(17)6-8-18(2)15(13)7-9-19(18,3)21/h12-15,21H,4-11H2,1-3H3/t12?,13-,14+,15+,17+,18+,19-/m1/s1. The molecule has 4 fully saturated rings. The Morgan fingerprint density at radius 3 is 2.55 bits per heavy atom. The van der Waals surface area contributed by atoms with Crippen molar-refractivity contribution in [2.45, 2.75) is 71.3 Å². The van der Waals surface area contributed by atoms with Crippen LogP contribution in [0.25, 0.3) is 0 Å². The third-order valence-electron chi connectivity index (χ3n) is 8.58. The van der Waals surface area contributed by atoms with E-state index in [1.54, 1.807) is 0 Å².